The number of hydrogen-bond acceptors (Lipinski definition) is 2. The van der Waals surface area contributed by atoms with Gasteiger partial charge in [0.1, 0.15) is 5.82 Å². The minimum absolute atomic E-state index is 0.281. The summed E-state index contributed by atoms with van der Waals surface area (Å²) in [6, 6.07) is 5.14. The van der Waals surface area contributed by atoms with E-state index in [9.17, 15) is 4.39 Å². The largest absolute Gasteiger partial charge is 0.314 e. The Bertz CT molecular complexity index is 352. The minimum Gasteiger partial charge on any atom is -0.314 e. The molecule has 0 spiro atoms. The molecule has 4 heteroatoms. The highest BCUT2D eigenvalue weighted by Crippen LogP contribution is 2.19. The Morgan fingerprint density at radius 1 is 1.53 bits per heavy atom. The normalized spacial score (nSPS) is 16.8. The molecule has 0 aromatic heterocycles. The molecule has 1 fully saturated rings. The van der Waals surface area contributed by atoms with Crippen LogP contribution in [0.3, 0.4) is 0 Å². The summed E-state index contributed by atoms with van der Waals surface area (Å²) in [6.45, 7) is 2.82. The topological polar surface area (TPSA) is 15.3 Å². The molecule has 0 amide bonds. The predicted octanol–water partition coefficient (Wildman–Crippen LogP) is 1.88. The van der Waals surface area contributed by atoms with Gasteiger partial charge in [0.05, 0.1) is 0 Å². The van der Waals surface area contributed by atoms with E-state index in [-0.39, 0.29) is 5.82 Å². The first kappa shape index (κ1) is 10.9. The third kappa shape index (κ3) is 2.48. The van der Waals surface area contributed by atoms with Crippen LogP contribution < -0.4 is 5.32 Å². The zero-order chi connectivity index (χ0) is 10.8. The van der Waals surface area contributed by atoms with Gasteiger partial charge in [-0.2, -0.15) is 0 Å². The van der Waals surface area contributed by atoms with E-state index >= 15 is 0 Å². The second kappa shape index (κ2) is 4.47. The summed E-state index contributed by atoms with van der Waals surface area (Å²) >= 11 is 5.96. The summed E-state index contributed by atoms with van der Waals surface area (Å²) in [4.78, 5) is 2.23. The van der Waals surface area contributed by atoms with E-state index in [2.05, 4.69) is 17.3 Å². The summed E-state index contributed by atoms with van der Waals surface area (Å²) in [5, 5.41) is 3.73. The molecule has 1 aromatic carbocycles. The lowest BCUT2D eigenvalue weighted by Crippen LogP contribution is -2.55. The number of likely N-dealkylation sites (N-methyl/N-ethyl adjacent to an activating group) is 1. The average Bonchev–Trinajstić information content (AvgIpc) is 2.07. The number of nitrogens with zero attached hydrogens (tertiary/aromatic N) is 1. The molecule has 1 heterocycles. The molecule has 0 bridgehead atoms. The first-order valence-corrected chi connectivity index (χ1v) is 5.39. The molecule has 2 nitrogen and oxygen atoms in total. The predicted molar refractivity (Wildman–Crippen MR) is 59.5 cm³/mol. The van der Waals surface area contributed by atoms with Gasteiger partial charge < -0.3 is 5.32 Å². The summed E-state index contributed by atoms with van der Waals surface area (Å²) in [5.41, 5.74) is 0.979. The van der Waals surface area contributed by atoms with Gasteiger partial charge in [-0.15, -0.1) is 0 Å². The molecule has 1 aliphatic heterocycles. The van der Waals surface area contributed by atoms with Gasteiger partial charge in [0.25, 0.3) is 0 Å². The van der Waals surface area contributed by atoms with E-state index in [4.69, 9.17) is 11.6 Å². The number of rotatable bonds is 3. The second-order valence-electron chi connectivity index (χ2n) is 3.96. The van der Waals surface area contributed by atoms with Crippen LogP contribution in [0.1, 0.15) is 5.56 Å². The van der Waals surface area contributed by atoms with Crippen LogP contribution in [0.4, 0.5) is 4.39 Å². The Morgan fingerprint density at radius 2 is 2.27 bits per heavy atom. The fourth-order valence-corrected chi connectivity index (χ4v) is 1.86. The Labute approximate surface area is 94.0 Å². The molecule has 0 atom stereocenters. The van der Waals surface area contributed by atoms with Crippen molar-refractivity contribution >= 4 is 11.6 Å². The minimum atomic E-state index is -0.281. The van der Waals surface area contributed by atoms with Crippen LogP contribution in [0, 0.1) is 5.82 Å². The maximum Gasteiger partial charge on any atom is 0.124 e. The maximum absolute atomic E-state index is 12.8. The third-order valence-corrected chi connectivity index (χ3v) is 3.17. The van der Waals surface area contributed by atoms with Crippen LogP contribution in [0.25, 0.3) is 0 Å². The van der Waals surface area contributed by atoms with Gasteiger partial charge in [-0.1, -0.05) is 17.7 Å². The van der Waals surface area contributed by atoms with Crippen molar-refractivity contribution in [3.05, 3.63) is 34.6 Å². The van der Waals surface area contributed by atoms with Crippen molar-refractivity contribution < 1.29 is 4.39 Å². The molecule has 2 rings (SSSR count). The van der Waals surface area contributed by atoms with Gasteiger partial charge in [0, 0.05) is 30.7 Å². The van der Waals surface area contributed by atoms with Crippen LogP contribution in [-0.4, -0.2) is 31.1 Å². The monoisotopic (exact) mass is 228 g/mol. The molecule has 0 aliphatic carbocycles. The first-order chi connectivity index (χ1) is 7.16. The molecule has 0 saturated carbocycles. The molecule has 82 valence electrons. The highest BCUT2D eigenvalue weighted by atomic mass is 35.5. The Balaban J connectivity index is 2.03. The lowest BCUT2D eigenvalue weighted by atomic mass is 10.1. The first-order valence-electron chi connectivity index (χ1n) is 5.01. The van der Waals surface area contributed by atoms with E-state index in [0.717, 1.165) is 25.2 Å². The number of halogens is 2. The number of benzene rings is 1. The van der Waals surface area contributed by atoms with Crippen LogP contribution >= 0.6 is 11.6 Å². The van der Waals surface area contributed by atoms with E-state index in [1.807, 2.05) is 0 Å². The van der Waals surface area contributed by atoms with E-state index < -0.39 is 0 Å². The number of hydrogen-bond donors (Lipinski definition) is 1. The summed E-state index contributed by atoms with van der Waals surface area (Å²) in [6.07, 6.45) is 0. The lowest BCUT2D eigenvalue weighted by molar-refractivity contribution is 0.173. The van der Waals surface area contributed by atoms with Gasteiger partial charge in [0.15, 0.2) is 0 Å². The molecule has 1 saturated heterocycles. The zero-order valence-electron chi connectivity index (χ0n) is 8.63. The molecular formula is C11H14ClFN2. The van der Waals surface area contributed by atoms with Crippen molar-refractivity contribution in [3.8, 4) is 0 Å². The zero-order valence-corrected chi connectivity index (χ0v) is 9.39. The summed E-state index contributed by atoms with van der Waals surface area (Å²) < 4.78 is 12.8. The van der Waals surface area contributed by atoms with Gasteiger partial charge in [-0.3, -0.25) is 4.90 Å². The molecule has 15 heavy (non-hydrogen) atoms. The molecule has 1 aromatic rings. The summed E-state index contributed by atoms with van der Waals surface area (Å²) in [5.74, 6) is -0.281. The second-order valence-corrected chi connectivity index (χ2v) is 4.37. The van der Waals surface area contributed by atoms with Gasteiger partial charge >= 0.3 is 0 Å². The molecule has 1 aliphatic rings. The van der Waals surface area contributed by atoms with Crippen LogP contribution in [0.5, 0.6) is 0 Å². The van der Waals surface area contributed by atoms with Gasteiger partial charge in [-0.05, 0) is 24.7 Å². The van der Waals surface area contributed by atoms with Crippen molar-refractivity contribution in [1.29, 1.82) is 0 Å². The molecule has 1 N–H and O–H groups in total. The van der Waals surface area contributed by atoms with Crippen LogP contribution in [0.2, 0.25) is 5.02 Å². The van der Waals surface area contributed by atoms with E-state index in [1.165, 1.54) is 12.1 Å². The SMILES string of the molecule is CN(Cc1ccc(F)cc1Cl)C1CNC1. The average molecular weight is 229 g/mol. The van der Waals surface area contributed by atoms with Crippen molar-refractivity contribution in [1.82, 2.24) is 10.2 Å². The van der Waals surface area contributed by atoms with Crippen molar-refractivity contribution in [2.45, 2.75) is 12.6 Å². The van der Waals surface area contributed by atoms with Crippen LogP contribution in [0.15, 0.2) is 18.2 Å². The Hall–Kier alpha value is -0.640. The lowest BCUT2D eigenvalue weighted by Gasteiger charge is -2.35. The third-order valence-electron chi connectivity index (χ3n) is 2.82. The Morgan fingerprint density at radius 3 is 2.80 bits per heavy atom. The van der Waals surface area contributed by atoms with Crippen molar-refractivity contribution in [2.75, 3.05) is 20.1 Å². The molecule has 0 radical (unpaired) electrons. The quantitative estimate of drug-likeness (QED) is 0.850. The highest BCUT2D eigenvalue weighted by Gasteiger charge is 2.21. The van der Waals surface area contributed by atoms with Crippen molar-refractivity contribution in [2.24, 2.45) is 0 Å². The highest BCUT2D eigenvalue weighted by molar-refractivity contribution is 6.31. The maximum atomic E-state index is 12.8. The smallest absolute Gasteiger partial charge is 0.124 e. The van der Waals surface area contributed by atoms with Gasteiger partial charge in [-0.25, -0.2) is 4.39 Å². The van der Waals surface area contributed by atoms with Gasteiger partial charge in [0.2, 0.25) is 0 Å². The van der Waals surface area contributed by atoms with Crippen molar-refractivity contribution in [3.63, 3.8) is 0 Å². The number of nitrogens with one attached hydrogen (secondary N) is 1. The van der Waals surface area contributed by atoms with E-state index in [0.29, 0.717) is 11.1 Å². The summed E-state index contributed by atoms with van der Waals surface area (Å²) in [7, 11) is 2.06. The fraction of sp³-hybridized carbons (Fsp3) is 0.455. The van der Waals surface area contributed by atoms with E-state index in [1.54, 1.807) is 6.07 Å². The standard InChI is InChI=1S/C11H14ClFN2/c1-15(10-5-14-6-10)7-8-2-3-9(13)4-11(8)12/h2-4,10,14H,5-7H2,1H3. The van der Waals surface area contributed by atoms with Crippen LogP contribution in [-0.2, 0) is 6.54 Å². The Kier molecular flexibility index (Phi) is 3.24. The molecule has 0 unspecified atom stereocenters. The molecular weight excluding hydrogens is 215 g/mol. The fourth-order valence-electron chi connectivity index (χ4n) is 1.63.